The third-order valence-corrected chi connectivity index (χ3v) is 5.08. The van der Waals surface area contributed by atoms with Gasteiger partial charge in [0.15, 0.2) is 0 Å². The second kappa shape index (κ2) is 6.21. The SMILES string of the molecule is COc1ccccc1S(=O)Cc1cccc(N)c1Br. The van der Waals surface area contributed by atoms with E-state index in [1.165, 1.54) is 0 Å². The number of hydrogen-bond donors (Lipinski definition) is 1. The van der Waals surface area contributed by atoms with Crippen molar-refractivity contribution in [2.75, 3.05) is 12.8 Å². The Labute approximate surface area is 123 Å². The monoisotopic (exact) mass is 339 g/mol. The van der Waals surface area contributed by atoms with E-state index < -0.39 is 10.8 Å². The summed E-state index contributed by atoms with van der Waals surface area (Å²) >= 11 is 3.43. The Hall–Kier alpha value is -1.33. The molecule has 2 rings (SSSR count). The van der Waals surface area contributed by atoms with Gasteiger partial charge in [-0.25, -0.2) is 0 Å². The second-order valence-electron chi connectivity index (χ2n) is 3.96. The number of rotatable bonds is 4. The van der Waals surface area contributed by atoms with E-state index in [9.17, 15) is 4.21 Å². The van der Waals surface area contributed by atoms with Crippen molar-refractivity contribution in [3.8, 4) is 5.75 Å². The molecule has 3 nitrogen and oxygen atoms in total. The Bertz CT molecular complexity index is 616. The molecule has 2 aromatic carbocycles. The van der Waals surface area contributed by atoms with Crippen LogP contribution in [0, 0.1) is 0 Å². The fourth-order valence-electron chi connectivity index (χ4n) is 1.74. The molecule has 0 fully saturated rings. The van der Waals surface area contributed by atoms with Crippen LogP contribution < -0.4 is 10.5 Å². The molecule has 0 aliphatic carbocycles. The first-order valence-corrected chi connectivity index (χ1v) is 7.79. The van der Waals surface area contributed by atoms with E-state index in [2.05, 4.69) is 15.9 Å². The molecule has 0 saturated carbocycles. The number of benzene rings is 2. The minimum Gasteiger partial charge on any atom is -0.495 e. The van der Waals surface area contributed by atoms with E-state index in [-0.39, 0.29) is 0 Å². The molecule has 1 atom stereocenters. The maximum absolute atomic E-state index is 12.4. The molecule has 0 aliphatic heterocycles. The van der Waals surface area contributed by atoms with Crippen LogP contribution in [0.4, 0.5) is 5.69 Å². The first kappa shape index (κ1) is 14.1. The van der Waals surface area contributed by atoms with Gasteiger partial charge in [-0.15, -0.1) is 0 Å². The summed E-state index contributed by atoms with van der Waals surface area (Å²) in [5, 5.41) is 0. The molecule has 0 heterocycles. The van der Waals surface area contributed by atoms with Crippen molar-refractivity contribution in [3.05, 3.63) is 52.5 Å². The van der Waals surface area contributed by atoms with Gasteiger partial charge >= 0.3 is 0 Å². The van der Waals surface area contributed by atoms with Crippen LogP contribution in [0.1, 0.15) is 5.56 Å². The molecule has 0 spiro atoms. The maximum Gasteiger partial charge on any atom is 0.134 e. The molecule has 0 bridgehead atoms. The van der Waals surface area contributed by atoms with Crippen molar-refractivity contribution < 1.29 is 8.95 Å². The summed E-state index contributed by atoms with van der Waals surface area (Å²) in [7, 11) is 0.401. The van der Waals surface area contributed by atoms with E-state index in [0.717, 1.165) is 10.0 Å². The van der Waals surface area contributed by atoms with Crippen LogP contribution in [0.3, 0.4) is 0 Å². The number of para-hydroxylation sites is 1. The van der Waals surface area contributed by atoms with Gasteiger partial charge in [0.1, 0.15) is 5.75 Å². The lowest BCUT2D eigenvalue weighted by Crippen LogP contribution is -2.01. The smallest absolute Gasteiger partial charge is 0.134 e. The molecule has 0 aromatic heterocycles. The minimum absolute atomic E-state index is 0.395. The lowest BCUT2D eigenvalue weighted by Gasteiger charge is -2.10. The highest BCUT2D eigenvalue weighted by Gasteiger charge is 2.13. The Balaban J connectivity index is 2.28. The van der Waals surface area contributed by atoms with Crippen LogP contribution in [-0.4, -0.2) is 11.3 Å². The number of nitrogen functional groups attached to an aromatic ring is 1. The molecule has 0 saturated heterocycles. The number of halogens is 1. The quantitative estimate of drug-likeness (QED) is 0.869. The summed E-state index contributed by atoms with van der Waals surface area (Å²) in [6, 6.07) is 12.9. The van der Waals surface area contributed by atoms with Crippen molar-refractivity contribution in [3.63, 3.8) is 0 Å². The fraction of sp³-hybridized carbons (Fsp3) is 0.143. The molecule has 0 aliphatic rings. The zero-order valence-corrected chi connectivity index (χ0v) is 12.8. The number of nitrogens with two attached hydrogens (primary N) is 1. The van der Waals surface area contributed by atoms with Crippen molar-refractivity contribution in [2.24, 2.45) is 0 Å². The average molecular weight is 340 g/mol. The second-order valence-corrected chi connectivity index (χ2v) is 6.17. The van der Waals surface area contributed by atoms with Gasteiger partial charge < -0.3 is 10.5 Å². The zero-order chi connectivity index (χ0) is 13.8. The predicted octanol–water partition coefficient (Wildman–Crippen LogP) is 3.35. The number of ether oxygens (including phenoxy) is 1. The zero-order valence-electron chi connectivity index (χ0n) is 10.4. The minimum atomic E-state index is -1.17. The summed E-state index contributed by atoms with van der Waals surface area (Å²) in [6.45, 7) is 0. The molecule has 1 unspecified atom stereocenters. The average Bonchev–Trinajstić information content (AvgIpc) is 2.43. The van der Waals surface area contributed by atoms with Crippen LogP contribution in [0.2, 0.25) is 0 Å². The van der Waals surface area contributed by atoms with Gasteiger partial charge in [-0.3, -0.25) is 4.21 Å². The lowest BCUT2D eigenvalue weighted by atomic mass is 10.2. The lowest BCUT2D eigenvalue weighted by molar-refractivity contribution is 0.404. The fourth-order valence-corrected chi connectivity index (χ4v) is 3.61. The highest BCUT2D eigenvalue weighted by Crippen LogP contribution is 2.28. The third-order valence-electron chi connectivity index (χ3n) is 2.71. The van der Waals surface area contributed by atoms with Crippen LogP contribution >= 0.6 is 15.9 Å². The molecular formula is C14H14BrNO2S. The Kier molecular flexibility index (Phi) is 4.61. The summed E-state index contributed by atoms with van der Waals surface area (Å²) in [4.78, 5) is 0.694. The van der Waals surface area contributed by atoms with Gasteiger partial charge in [0.05, 0.1) is 28.6 Å². The van der Waals surface area contributed by atoms with E-state index in [0.29, 0.717) is 22.1 Å². The molecule has 100 valence electrons. The van der Waals surface area contributed by atoms with Gasteiger partial charge in [-0.2, -0.15) is 0 Å². The van der Waals surface area contributed by atoms with E-state index in [4.69, 9.17) is 10.5 Å². The highest BCUT2D eigenvalue weighted by atomic mass is 79.9. The largest absolute Gasteiger partial charge is 0.495 e. The number of anilines is 1. The van der Waals surface area contributed by atoms with Crippen LogP contribution in [0.5, 0.6) is 5.75 Å². The van der Waals surface area contributed by atoms with Crippen LogP contribution in [0.25, 0.3) is 0 Å². The van der Waals surface area contributed by atoms with E-state index >= 15 is 0 Å². The van der Waals surface area contributed by atoms with Crippen LogP contribution in [0.15, 0.2) is 51.8 Å². The third kappa shape index (κ3) is 3.16. The first-order chi connectivity index (χ1) is 9.13. The molecule has 5 heteroatoms. The predicted molar refractivity (Wildman–Crippen MR) is 81.7 cm³/mol. The van der Waals surface area contributed by atoms with Crippen molar-refractivity contribution in [1.29, 1.82) is 0 Å². The molecule has 2 N–H and O–H groups in total. The standard InChI is InChI=1S/C14H14BrNO2S/c1-18-12-7-2-3-8-13(12)19(17)9-10-5-4-6-11(16)14(10)15/h2-8H,9,16H2,1H3. The Morgan fingerprint density at radius 1 is 1.21 bits per heavy atom. The van der Waals surface area contributed by atoms with Crippen molar-refractivity contribution >= 4 is 32.4 Å². The van der Waals surface area contributed by atoms with Crippen molar-refractivity contribution in [2.45, 2.75) is 10.6 Å². The molecular weight excluding hydrogens is 326 g/mol. The van der Waals surface area contributed by atoms with E-state index in [1.54, 1.807) is 13.2 Å². The molecule has 0 amide bonds. The summed E-state index contributed by atoms with van der Waals surface area (Å²) < 4.78 is 18.5. The maximum atomic E-state index is 12.4. The Morgan fingerprint density at radius 3 is 2.68 bits per heavy atom. The van der Waals surface area contributed by atoms with Gasteiger partial charge in [-0.1, -0.05) is 24.3 Å². The van der Waals surface area contributed by atoms with Gasteiger partial charge in [0.25, 0.3) is 0 Å². The van der Waals surface area contributed by atoms with Gasteiger partial charge in [0, 0.05) is 10.2 Å². The molecule has 0 radical (unpaired) electrons. The van der Waals surface area contributed by atoms with Crippen LogP contribution in [-0.2, 0) is 16.6 Å². The number of methoxy groups -OCH3 is 1. The van der Waals surface area contributed by atoms with Gasteiger partial charge in [0.2, 0.25) is 0 Å². The Morgan fingerprint density at radius 2 is 1.95 bits per heavy atom. The summed E-state index contributed by atoms with van der Waals surface area (Å²) in [6.07, 6.45) is 0. The number of hydrogen-bond acceptors (Lipinski definition) is 3. The highest BCUT2D eigenvalue weighted by molar-refractivity contribution is 9.10. The topological polar surface area (TPSA) is 52.3 Å². The van der Waals surface area contributed by atoms with Crippen molar-refractivity contribution in [1.82, 2.24) is 0 Å². The molecule has 2 aromatic rings. The summed E-state index contributed by atoms with van der Waals surface area (Å²) in [5.74, 6) is 1.03. The van der Waals surface area contributed by atoms with Gasteiger partial charge in [-0.05, 0) is 39.7 Å². The molecule has 19 heavy (non-hydrogen) atoms. The first-order valence-electron chi connectivity index (χ1n) is 5.67. The summed E-state index contributed by atoms with van der Waals surface area (Å²) in [5.41, 5.74) is 7.39. The van der Waals surface area contributed by atoms with E-state index in [1.807, 2.05) is 36.4 Å². The normalized spacial score (nSPS) is 12.1.